The number of oxime groups is 1. The molecule has 4 aliphatic carbocycles. The summed E-state index contributed by atoms with van der Waals surface area (Å²) < 4.78 is 0. The lowest BCUT2D eigenvalue weighted by molar-refractivity contribution is -0.153. The van der Waals surface area contributed by atoms with Gasteiger partial charge in [0.15, 0.2) is 12.7 Å². The predicted octanol–water partition coefficient (Wildman–Crippen LogP) is 3.66. The molecule has 202 valence electrons. The molecule has 7 atom stereocenters. The van der Waals surface area contributed by atoms with Gasteiger partial charge in [-0.05, 0) is 93.0 Å². The second-order valence-electron chi connectivity index (χ2n) is 13.1. The zero-order chi connectivity index (χ0) is 26.5. The molecule has 0 saturated heterocycles. The third-order valence-electron chi connectivity index (χ3n) is 10.6. The number of nitrogens with zero attached hydrogens (tertiary/aromatic N) is 1. The molecule has 4 N–H and O–H groups in total. The molecule has 8 nitrogen and oxygen atoms in total. The number of carboxylic acid groups (broad SMARTS) is 1. The Bertz CT molecular complexity index is 956. The standard InChI is InChI=1S/C28H44N2O6/c1-25(2,23(32)24(33)34)16-29-22(31)15-36-30-18-8-11-26(3)17(14-18)6-7-19-20(26)9-12-27(4)21(19)10-13-28(27,5)35/h14,19-21,23,32,35H,6-13,15-16H2,1-5H3,(H,29,31)(H,33,34)/b30-18+/t19-,20+,21+,23+,26+,27+,28+/m1/s1. The summed E-state index contributed by atoms with van der Waals surface area (Å²) in [5.74, 6) is 0.185. The predicted molar refractivity (Wildman–Crippen MR) is 136 cm³/mol. The Labute approximate surface area is 214 Å². The summed E-state index contributed by atoms with van der Waals surface area (Å²) in [6.45, 7) is 9.71. The molecule has 3 fully saturated rings. The minimum Gasteiger partial charge on any atom is -0.479 e. The first-order chi connectivity index (χ1) is 16.7. The van der Waals surface area contributed by atoms with E-state index in [1.807, 2.05) is 6.92 Å². The van der Waals surface area contributed by atoms with Crippen molar-refractivity contribution in [3.63, 3.8) is 0 Å². The minimum absolute atomic E-state index is 0.0136. The summed E-state index contributed by atoms with van der Waals surface area (Å²) in [6, 6.07) is 0. The molecule has 0 aromatic rings. The zero-order valence-corrected chi connectivity index (χ0v) is 22.5. The van der Waals surface area contributed by atoms with Crippen LogP contribution in [0.1, 0.15) is 86.0 Å². The maximum Gasteiger partial charge on any atom is 0.333 e. The molecule has 0 bridgehead atoms. The molecule has 0 aliphatic heterocycles. The van der Waals surface area contributed by atoms with Crippen molar-refractivity contribution in [3.05, 3.63) is 11.6 Å². The Morgan fingerprint density at radius 2 is 1.83 bits per heavy atom. The Hall–Kier alpha value is -1.93. The highest BCUT2D eigenvalue weighted by Crippen LogP contribution is 2.67. The molecule has 0 spiro atoms. The SMILES string of the molecule is CC(C)(CNC(=O)CO/N=C1/C=C2CC[C@@H]3[C@H](CC[C@@]4(C)[C@H]3CC[C@]4(C)O)[C@@]2(C)CC1)[C@@H](O)C(=O)O. The van der Waals surface area contributed by atoms with Crippen LogP contribution in [0.3, 0.4) is 0 Å². The Balaban J connectivity index is 1.35. The van der Waals surface area contributed by atoms with E-state index in [0.717, 1.165) is 57.1 Å². The Kier molecular flexibility index (Phi) is 7.10. The van der Waals surface area contributed by atoms with Gasteiger partial charge in [0.1, 0.15) is 0 Å². The van der Waals surface area contributed by atoms with Gasteiger partial charge in [0.25, 0.3) is 5.91 Å². The second-order valence-corrected chi connectivity index (χ2v) is 13.1. The van der Waals surface area contributed by atoms with E-state index in [4.69, 9.17) is 9.94 Å². The van der Waals surface area contributed by atoms with Gasteiger partial charge in [0.05, 0.1) is 11.3 Å². The zero-order valence-electron chi connectivity index (χ0n) is 22.5. The molecule has 1 amide bonds. The van der Waals surface area contributed by atoms with Gasteiger partial charge >= 0.3 is 5.97 Å². The Morgan fingerprint density at radius 1 is 1.14 bits per heavy atom. The number of carboxylic acids is 1. The maximum absolute atomic E-state index is 12.2. The fourth-order valence-corrected chi connectivity index (χ4v) is 7.87. The van der Waals surface area contributed by atoms with Crippen LogP contribution in [0, 0.1) is 34.0 Å². The lowest BCUT2D eigenvalue weighted by atomic mass is 9.46. The van der Waals surface area contributed by atoms with Crippen molar-refractivity contribution in [3.8, 4) is 0 Å². The van der Waals surface area contributed by atoms with E-state index in [1.54, 1.807) is 13.8 Å². The van der Waals surface area contributed by atoms with E-state index in [0.29, 0.717) is 17.8 Å². The number of carbonyl (C=O) groups is 2. The summed E-state index contributed by atoms with van der Waals surface area (Å²) in [7, 11) is 0. The molecular formula is C28H44N2O6. The molecule has 0 radical (unpaired) electrons. The quantitative estimate of drug-likeness (QED) is 0.392. The van der Waals surface area contributed by atoms with Crippen LogP contribution in [-0.2, 0) is 14.4 Å². The van der Waals surface area contributed by atoms with Crippen LogP contribution in [-0.4, -0.2) is 57.8 Å². The number of aliphatic hydroxyl groups excluding tert-OH is 1. The van der Waals surface area contributed by atoms with Crippen molar-refractivity contribution in [2.24, 2.45) is 39.2 Å². The fourth-order valence-electron chi connectivity index (χ4n) is 7.87. The molecule has 8 heteroatoms. The fraction of sp³-hybridized carbons (Fsp3) is 0.821. The first kappa shape index (κ1) is 27.1. The van der Waals surface area contributed by atoms with Gasteiger partial charge < -0.3 is 25.5 Å². The van der Waals surface area contributed by atoms with Crippen molar-refractivity contribution >= 4 is 17.6 Å². The smallest absolute Gasteiger partial charge is 0.333 e. The highest BCUT2D eigenvalue weighted by Gasteiger charge is 2.62. The Morgan fingerprint density at radius 3 is 2.53 bits per heavy atom. The van der Waals surface area contributed by atoms with Crippen molar-refractivity contribution in [1.29, 1.82) is 0 Å². The number of hydrogen-bond donors (Lipinski definition) is 4. The van der Waals surface area contributed by atoms with Gasteiger partial charge in [0, 0.05) is 12.0 Å². The van der Waals surface area contributed by atoms with E-state index in [-0.39, 0.29) is 24.0 Å². The summed E-state index contributed by atoms with van der Waals surface area (Å²) in [5.41, 5.74) is 0.935. The first-order valence-corrected chi connectivity index (χ1v) is 13.5. The molecule has 4 aliphatic rings. The number of fused-ring (bicyclic) bond motifs is 5. The summed E-state index contributed by atoms with van der Waals surface area (Å²) in [4.78, 5) is 28.5. The van der Waals surface area contributed by atoms with Crippen LogP contribution >= 0.6 is 0 Å². The van der Waals surface area contributed by atoms with Crippen LogP contribution in [0.25, 0.3) is 0 Å². The number of hydrogen-bond acceptors (Lipinski definition) is 6. The van der Waals surface area contributed by atoms with E-state index >= 15 is 0 Å². The van der Waals surface area contributed by atoms with Gasteiger partial charge in [-0.3, -0.25) is 4.79 Å². The third-order valence-corrected chi connectivity index (χ3v) is 10.6. The maximum atomic E-state index is 12.2. The van der Waals surface area contributed by atoms with Crippen molar-refractivity contribution in [1.82, 2.24) is 5.32 Å². The largest absolute Gasteiger partial charge is 0.479 e. The van der Waals surface area contributed by atoms with E-state index < -0.39 is 29.0 Å². The van der Waals surface area contributed by atoms with Gasteiger partial charge in [-0.1, -0.05) is 38.4 Å². The number of amides is 1. The highest BCUT2D eigenvalue weighted by atomic mass is 16.6. The van der Waals surface area contributed by atoms with Gasteiger partial charge in [0.2, 0.25) is 0 Å². The van der Waals surface area contributed by atoms with Crippen LogP contribution in [0.15, 0.2) is 16.8 Å². The normalized spacial score (nSPS) is 39.9. The average molecular weight is 505 g/mol. The first-order valence-electron chi connectivity index (χ1n) is 13.5. The molecule has 0 aromatic heterocycles. The number of carbonyl (C=O) groups excluding carboxylic acids is 1. The van der Waals surface area contributed by atoms with Crippen molar-refractivity contribution < 1.29 is 29.7 Å². The van der Waals surface area contributed by atoms with Crippen molar-refractivity contribution in [2.75, 3.05) is 13.2 Å². The minimum atomic E-state index is -1.57. The molecule has 36 heavy (non-hydrogen) atoms. The molecule has 0 heterocycles. The lowest BCUT2D eigenvalue weighted by Crippen LogP contribution is -2.53. The van der Waals surface area contributed by atoms with Gasteiger partial charge in [-0.2, -0.15) is 0 Å². The summed E-state index contributed by atoms with van der Waals surface area (Å²) >= 11 is 0. The number of aliphatic hydroxyl groups is 2. The average Bonchev–Trinajstić information content (AvgIpc) is 3.06. The molecule has 0 aromatic carbocycles. The lowest BCUT2D eigenvalue weighted by Gasteiger charge is -2.59. The molecule has 4 rings (SSSR count). The van der Waals surface area contributed by atoms with Crippen LogP contribution in [0.2, 0.25) is 0 Å². The molecule has 3 saturated carbocycles. The van der Waals surface area contributed by atoms with Crippen molar-refractivity contribution in [2.45, 2.75) is 97.7 Å². The number of nitrogens with one attached hydrogen (secondary N) is 1. The monoisotopic (exact) mass is 504 g/mol. The number of rotatable bonds is 7. The summed E-state index contributed by atoms with van der Waals surface area (Å²) in [6.07, 6.45) is 8.96. The highest BCUT2D eigenvalue weighted by molar-refractivity contribution is 5.96. The van der Waals surface area contributed by atoms with Crippen LogP contribution in [0.4, 0.5) is 0 Å². The number of aliphatic carboxylic acids is 1. The van der Waals surface area contributed by atoms with Crippen LogP contribution in [0.5, 0.6) is 0 Å². The third kappa shape index (κ3) is 4.60. The topological polar surface area (TPSA) is 128 Å². The summed E-state index contributed by atoms with van der Waals surface area (Å²) in [5, 5.41) is 36.7. The van der Waals surface area contributed by atoms with Gasteiger partial charge in [-0.15, -0.1) is 0 Å². The van der Waals surface area contributed by atoms with E-state index in [9.17, 15) is 19.8 Å². The molecule has 0 unspecified atom stereocenters. The van der Waals surface area contributed by atoms with Crippen LogP contribution < -0.4 is 5.32 Å². The van der Waals surface area contributed by atoms with E-state index in [2.05, 4.69) is 30.4 Å². The van der Waals surface area contributed by atoms with Gasteiger partial charge in [-0.25, -0.2) is 4.79 Å². The van der Waals surface area contributed by atoms with E-state index in [1.165, 1.54) is 5.57 Å². The number of allylic oxidation sites excluding steroid dienone is 2. The molecular weight excluding hydrogens is 460 g/mol. The second kappa shape index (κ2) is 9.43.